The Labute approximate surface area is 118 Å². The first-order chi connectivity index (χ1) is 9.76. The van der Waals surface area contributed by atoms with Gasteiger partial charge in [-0.05, 0) is 32.2 Å². The van der Waals surface area contributed by atoms with E-state index in [-0.39, 0.29) is 5.95 Å². The van der Waals surface area contributed by atoms with Gasteiger partial charge in [0.15, 0.2) is 0 Å². The molecule has 1 aromatic rings. The van der Waals surface area contributed by atoms with Gasteiger partial charge < -0.3 is 15.8 Å². The number of nitrogens with one attached hydrogen (secondary N) is 1. The van der Waals surface area contributed by atoms with E-state index in [1.54, 1.807) is 0 Å². The summed E-state index contributed by atoms with van der Waals surface area (Å²) in [6, 6.07) is 1.31. The van der Waals surface area contributed by atoms with Crippen molar-refractivity contribution in [3.05, 3.63) is 0 Å². The van der Waals surface area contributed by atoms with Crippen LogP contribution in [0.3, 0.4) is 0 Å². The quantitative estimate of drug-likeness (QED) is 0.826. The summed E-state index contributed by atoms with van der Waals surface area (Å²) < 4.78 is 5.44. The minimum atomic E-state index is 0.204. The molecule has 2 fully saturated rings. The van der Waals surface area contributed by atoms with Crippen LogP contribution in [0.4, 0.5) is 11.9 Å². The van der Waals surface area contributed by atoms with E-state index < -0.39 is 0 Å². The maximum absolute atomic E-state index is 5.72. The molecule has 7 nitrogen and oxygen atoms in total. The molecule has 1 aromatic heterocycles. The summed E-state index contributed by atoms with van der Waals surface area (Å²) in [5.41, 5.74) is 5.72. The van der Waals surface area contributed by atoms with Gasteiger partial charge in [0.1, 0.15) is 0 Å². The second kappa shape index (κ2) is 5.78. The van der Waals surface area contributed by atoms with Crippen molar-refractivity contribution in [3.8, 4) is 6.01 Å². The average Bonchev–Trinajstić information content (AvgIpc) is 3.01. The lowest BCUT2D eigenvalue weighted by molar-refractivity contribution is 0.292. The number of aromatic nitrogens is 3. The zero-order valence-electron chi connectivity index (χ0n) is 11.9. The van der Waals surface area contributed by atoms with Gasteiger partial charge in [0.2, 0.25) is 11.9 Å². The standard InChI is InChI=1S/C13H22N6O/c1-2-8-20-13-17-11(14)16-12(18-13)15-9-5-7-19-6-3-4-10(9)19/h9-10H,2-8H2,1H3,(H3,14,15,16,17,18). The molecule has 110 valence electrons. The topological polar surface area (TPSA) is 89.2 Å². The van der Waals surface area contributed by atoms with Crippen molar-refractivity contribution in [1.29, 1.82) is 0 Å². The maximum atomic E-state index is 5.72. The van der Waals surface area contributed by atoms with Crippen molar-refractivity contribution in [1.82, 2.24) is 19.9 Å². The van der Waals surface area contributed by atoms with Crippen LogP contribution in [0.2, 0.25) is 0 Å². The highest BCUT2D eigenvalue weighted by atomic mass is 16.5. The first-order valence-corrected chi connectivity index (χ1v) is 7.41. The summed E-state index contributed by atoms with van der Waals surface area (Å²) in [5, 5.41) is 3.41. The minimum absolute atomic E-state index is 0.204. The number of nitrogens with two attached hydrogens (primary N) is 1. The van der Waals surface area contributed by atoms with E-state index in [1.807, 2.05) is 6.92 Å². The highest BCUT2D eigenvalue weighted by molar-refractivity contribution is 5.34. The van der Waals surface area contributed by atoms with Gasteiger partial charge in [0, 0.05) is 18.6 Å². The van der Waals surface area contributed by atoms with Gasteiger partial charge in [-0.1, -0.05) is 6.92 Å². The molecule has 0 bridgehead atoms. The van der Waals surface area contributed by atoms with E-state index >= 15 is 0 Å². The molecule has 2 aliphatic rings. The molecule has 2 atom stereocenters. The van der Waals surface area contributed by atoms with Crippen molar-refractivity contribution < 1.29 is 4.74 Å². The van der Waals surface area contributed by atoms with E-state index in [1.165, 1.54) is 19.4 Å². The molecule has 0 aromatic carbocycles. The molecule has 7 heteroatoms. The monoisotopic (exact) mass is 278 g/mol. The van der Waals surface area contributed by atoms with Crippen LogP contribution < -0.4 is 15.8 Å². The Bertz CT molecular complexity index is 468. The third-order valence-electron chi connectivity index (χ3n) is 3.99. The van der Waals surface area contributed by atoms with Crippen LogP contribution in [0.1, 0.15) is 32.6 Å². The van der Waals surface area contributed by atoms with Gasteiger partial charge in [0.05, 0.1) is 6.61 Å². The number of nitrogens with zero attached hydrogens (tertiary/aromatic N) is 4. The predicted octanol–water partition coefficient (Wildman–Crippen LogP) is 0.891. The number of fused-ring (bicyclic) bond motifs is 1. The Kier molecular flexibility index (Phi) is 3.86. The maximum Gasteiger partial charge on any atom is 0.323 e. The van der Waals surface area contributed by atoms with E-state index in [2.05, 4.69) is 25.2 Å². The van der Waals surface area contributed by atoms with Crippen LogP contribution >= 0.6 is 0 Å². The zero-order valence-corrected chi connectivity index (χ0v) is 11.9. The molecule has 3 N–H and O–H groups in total. The van der Waals surface area contributed by atoms with Crippen LogP contribution in [0.25, 0.3) is 0 Å². The molecule has 0 radical (unpaired) electrons. The summed E-state index contributed by atoms with van der Waals surface area (Å²) in [5.74, 6) is 0.734. The van der Waals surface area contributed by atoms with Crippen molar-refractivity contribution in [2.75, 3.05) is 30.7 Å². The first-order valence-electron chi connectivity index (χ1n) is 7.41. The van der Waals surface area contributed by atoms with E-state index in [0.29, 0.717) is 30.6 Å². The molecule has 3 heterocycles. The molecular formula is C13H22N6O. The van der Waals surface area contributed by atoms with Crippen molar-refractivity contribution in [2.24, 2.45) is 0 Å². The van der Waals surface area contributed by atoms with Crippen LogP contribution in [-0.4, -0.2) is 51.6 Å². The highest BCUT2D eigenvalue weighted by Gasteiger charge is 2.37. The van der Waals surface area contributed by atoms with Crippen molar-refractivity contribution in [3.63, 3.8) is 0 Å². The summed E-state index contributed by atoms with van der Waals surface area (Å²) >= 11 is 0. The Hall–Kier alpha value is -1.63. The molecule has 0 spiro atoms. The fraction of sp³-hybridized carbons (Fsp3) is 0.769. The summed E-state index contributed by atoms with van der Waals surface area (Å²) in [6.07, 6.45) is 4.57. The third-order valence-corrected chi connectivity index (χ3v) is 3.99. The van der Waals surface area contributed by atoms with Crippen molar-refractivity contribution in [2.45, 2.75) is 44.7 Å². The van der Waals surface area contributed by atoms with Crippen molar-refractivity contribution >= 4 is 11.9 Å². The Balaban J connectivity index is 1.68. The van der Waals surface area contributed by atoms with Gasteiger partial charge in [-0.2, -0.15) is 15.0 Å². The fourth-order valence-electron chi connectivity index (χ4n) is 3.11. The van der Waals surface area contributed by atoms with Gasteiger partial charge in [-0.15, -0.1) is 0 Å². The van der Waals surface area contributed by atoms with Crippen LogP contribution in [-0.2, 0) is 0 Å². The smallest absolute Gasteiger partial charge is 0.323 e. The average molecular weight is 278 g/mol. The second-order valence-electron chi connectivity index (χ2n) is 5.43. The number of anilines is 2. The number of nitrogen functional groups attached to an aromatic ring is 1. The lowest BCUT2D eigenvalue weighted by atomic mass is 10.1. The lowest BCUT2D eigenvalue weighted by Gasteiger charge is -2.21. The number of rotatable bonds is 5. The first kappa shape index (κ1) is 13.4. The van der Waals surface area contributed by atoms with E-state index in [4.69, 9.17) is 10.5 Å². The molecule has 2 saturated heterocycles. The van der Waals surface area contributed by atoms with Gasteiger partial charge >= 0.3 is 6.01 Å². The third kappa shape index (κ3) is 2.77. The molecular weight excluding hydrogens is 256 g/mol. The normalized spacial score (nSPS) is 25.6. The molecule has 2 aliphatic heterocycles. The van der Waals surface area contributed by atoms with Gasteiger partial charge in [-0.25, -0.2) is 0 Å². The Morgan fingerprint density at radius 1 is 1.30 bits per heavy atom. The Morgan fingerprint density at radius 3 is 3.05 bits per heavy atom. The molecule has 0 saturated carbocycles. The molecule has 3 rings (SSSR count). The largest absolute Gasteiger partial charge is 0.463 e. The molecule has 0 amide bonds. The summed E-state index contributed by atoms with van der Waals surface area (Å²) in [4.78, 5) is 15.0. The van der Waals surface area contributed by atoms with E-state index in [9.17, 15) is 0 Å². The van der Waals surface area contributed by atoms with Gasteiger partial charge in [-0.3, -0.25) is 4.90 Å². The number of hydrogen-bond acceptors (Lipinski definition) is 7. The predicted molar refractivity (Wildman–Crippen MR) is 76.6 cm³/mol. The minimum Gasteiger partial charge on any atom is -0.463 e. The number of hydrogen-bond donors (Lipinski definition) is 2. The zero-order chi connectivity index (χ0) is 13.9. The van der Waals surface area contributed by atoms with E-state index in [0.717, 1.165) is 19.4 Å². The molecule has 0 aliphatic carbocycles. The van der Waals surface area contributed by atoms with Gasteiger partial charge in [0.25, 0.3) is 0 Å². The molecule has 2 unspecified atom stereocenters. The van der Waals surface area contributed by atoms with Crippen LogP contribution in [0, 0.1) is 0 Å². The second-order valence-corrected chi connectivity index (χ2v) is 5.43. The fourth-order valence-corrected chi connectivity index (χ4v) is 3.11. The SMILES string of the molecule is CCCOc1nc(N)nc(NC2CCN3CCCC23)n1. The number of ether oxygens (including phenoxy) is 1. The lowest BCUT2D eigenvalue weighted by Crippen LogP contribution is -2.34. The molecule has 20 heavy (non-hydrogen) atoms. The summed E-state index contributed by atoms with van der Waals surface area (Å²) in [6.45, 7) is 4.99. The van der Waals surface area contributed by atoms with Crippen LogP contribution in [0.5, 0.6) is 6.01 Å². The summed E-state index contributed by atoms with van der Waals surface area (Å²) in [7, 11) is 0. The van der Waals surface area contributed by atoms with Crippen LogP contribution in [0.15, 0.2) is 0 Å². The highest BCUT2D eigenvalue weighted by Crippen LogP contribution is 2.29. The Morgan fingerprint density at radius 2 is 2.20 bits per heavy atom.